The van der Waals surface area contributed by atoms with Crippen LogP contribution in [0.1, 0.15) is 16.7 Å². The number of nitrogens with zero attached hydrogens (tertiary/aromatic N) is 2. The van der Waals surface area contributed by atoms with E-state index >= 15 is 0 Å². The second-order valence-corrected chi connectivity index (χ2v) is 5.96. The molecule has 1 amide bonds. The lowest BCUT2D eigenvalue weighted by atomic mass is 10.1. The third-order valence-electron chi connectivity index (χ3n) is 3.96. The highest BCUT2D eigenvalue weighted by Crippen LogP contribution is 2.10. The summed E-state index contributed by atoms with van der Waals surface area (Å²) >= 11 is 0. The number of anilines is 1. The molecule has 0 fully saturated rings. The summed E-state index contributed by atoms with van der Waals surface area (Å²) in [5.74, 6) is 3.04. The quantitative estimate of drug-likeness (QED) is 0.496. The maximum Gasteiger partial charge on any atom is 0.243 e. The Kier molecular flexibility index (Phi) is 6.81. The molecule has 5 heteroatoms. The van der Waals surface area contributed by atoms with Gasteiger partial charge in [-0.3, -0.25) is 9.79 Å². The zero-order valence-corrected chi connectivity index (χ0v) is 15.4. The van der Waals surface area contributed by atoms with Crippen LogP contribution in [0, 0.1) is 19.3 Å². The highest BCUT2D eigenvalue weighted by atomic mass is 16.1. The number of carbonyl (C=O) groups is 1. The zero-order chi connectivity index (χ0) is 18.9. The summed E-state index contributed by atoms with van der Waals surface area (Å²) in [5, 5.41) is 5.90. The van der Waals surface area contributed by atoms with E-state index in [9.17, 15) is 4.79 Å². The second-order valence-electron chi connectivity index (χ2n) is 5.96. The number of hydrogen-bond acceptors (Lipinski definition) is 2. The van der Waals surface area contributed by atoms with Crippen molar-refractivity contribution in [2.45, 2.75) is 13.5 Å². The molecule has 0 aliphatic rings. The van der Waals surface area contributed by atoms with Crippen molar-refractivity contribution in [1.82, 2.24) is 10.2 Å². The number of guanidine groups is 1. The molecule has 0 atom stereocenters. The maximum atomic E-state index is 12.2. The number of amides is 1. The molecule has 0 saturated heterocycles. The predicted molar refractivity (Wildman–Crippen MR) is 107 cm³/mol. The molecule has 0 unspecified atom stereocenters. The Hall–Kier alpha value is -3.26. The predicted octanol–water partition coefficient (Wildman–Crippen LogP) is 2.62. The minimum Gasteiger partial charge on any atom is -0.347 e. The highest BCUT2D eigenvalue weighted by Gasteiger charge is 2.10. The van der Waals surface area contributed by atoms with Gasteiger partial charge in [0.1, 0.15) is 0 Å². The van der Waals surface area contributed by atoms with Crippen LogP contribution < -0.4 is 10.6 Å². The van der Waals surface area contributed by atoms with Gasteiger partial charge in [-0.1, -0.05) is 36.3 Å². The van der Waals surface area contributed by atoms with Crippen LogP contribution in [0.5, 0.6) is 0 Å². The van der Waals surface area contributed by atoms with Gasteiger partial charge in [-0.05, 0) is 36.2 Å². The number of aryl methyl sites for hydroxylation is 1. The summed E-state index contributed by atoms with van der Waals surface area (Å²) in [4.78, 5) is 18.4. The summed E-state index contributed by atoms with van der Waals surface area (Å²) in [7, 11) is 3.64. The number of aliphatic imine (C=N–C) groups is 1. The van der Waals surface area contributed by atoms with Crippen LogP contribution >= 0.6 is 0 Å². The Bertz CT molecular complexity index is 836. The van der Waals surface area contributed by atoms with E-state index in [2.05, 4.69) is 40.6 Å². The van der Waals surface area contributed by atoms with Gasteiger partial charge in [0.15, 0.2) is 5.96 Å². The van der Waals surface area contributed by atoms with Gasteiger partial charge in [-0.2, -0.15) is 0 Å². The Morgan fingerprint density at radius 2 is 2.00 bits per heavy atom. The van der Waals surface area contributed by atoms with E-state index in [0.29, 0.717) is 18.2 Å². The van der Waals surface area contributed by atoms with Crippen molar-refractivity contribution in [2.75, 3.05) is 26.0 Å². The molecule has 0 heterocycles. The van der Waals surface area contributed by atoms with Crippen LogP contribution in [0.4, 0.5) is 5.69 Å². The molecule has 0 radical (unpaired) electrons. The van der Waals surface area contributed by atoms with Gasteiger partial charge in [0.2, 0.25) is 5.91 Å². The van der Waals surface area contributed by atoms with E-state index in [0.717, 1.165) is 5.56 Å². The average Bonchev–Trinajstić information content (AvgIpc) is 2.64. The van der Waals surface area contributed by atoms with Crippen LogP contribution in [-0.2, 0) is 11.3 Å². The molecule has 2 aromatic carbocycles. The number of benzene rings is 2. The number of terminal acetylenes is 1. The second kappa shape index (κ2) is 9.28. The fourth-order valence-electron chi connectivity index (χ4n) is 2.55. The molecule has 0 bridgehead atoms. The van der Waals surface area contributed by atoms with Crippen molar-refractivity contribution >= 4 is 17.6 Å². The zero-order valence-electron chi connectivity index (χ0n) is 15.4. The lowest BCUT2D eigenvalue weighted by Crippen LogP contribution is -2.42. The monoisotopic (exact) mass is 348 g/mol. The number of carbonyl (C=O) groups excluding carboxylic acids is 1. The van der Waals surface area contributed by atoms with Crippen LogP contribution in [0.2, 0.25) is 0 Å². The molecule has 2 aromatic rings. The summed E-state index contributed by atoms with van der Waals surface area (Å²) in [6.45, 7) is 2.90. The van der Waals surface area contributed by atoms with Crippen molar-refractivity contribution in [3.8, 4) is 12.3 Å². The highest BCUT2D eigenvalue weighted by molar-refractivity contribution is 5.95. The van der Waals surface area contributed by atoms with Crippen LogP contribution in [0.15, 0.2) is 53.5 Å². The topological polar surface area (TPSA) is 56.7 Å². The molecular formula is C21H24N4O. The molecule has 0 spiro atoms. The van der Waals surface area contributed by atoms with Crippen molar-refractivity contribution in [2.24, 2.45) is 4.99 Å². The van der Waals surface area contributed by atoms with Gasteiger partial charge >= 0.3 is 0 Å². The van der Waals surface area contributed by atoms with E-state index in [1.807, 2.05) is 36.2 Å². The van der Waals surface area contributed by atoms with E-state index in [-0.39, 0.29) is 12.5 Å². The first-order chi connectivity index (χ1) is 12.5. The molecule has 2 rings (SSSR count). The molecule has 0 aliphatic heterocycles. The molecule has 134 valence electrons. The largest absolute Gasteiger partial charge is 0.347 e. The molecular weight excluding hydrogens is 324 g/mol. The molecule has 0 aliphatic carbocycles. The van der Waals surface area contributed by atoms with Gasteiger partial charge in [-0.25, -0.2) is 0 Å². The van der Waals surface area contributed by atoms with Crippen molar-refractivity contribution < 1.29 is 4.79 Å². The van der Waals surface area contributed by atoms with Crippen LogP contribution in [-0.4, -0.2) is 37.4 Å². The minimum atomic E-state index is -0.162. The number of rotatable bonds is 5. The lowest BCUT2D eigenvalue weighted by Gasteiger charge is -2.22. The normalized spacial score (nSPS) is 10.8. The Labute approximate surface area is 155 Å². The van der Waals surface area contributed by atoms with Crippen molar-refractivity contribution in [3.63, 3.8) is 0 Å². The Morgan fingerprint density at radius 3 is 2.69 bits per heavy atom. The maximum absolute atomic E-state index is 12.2. The lowest BCUT2D eigenvalue weighted by molar-refractivity contribution is -0.115. The summed E-state index contributed by atoms with van der Waals surface area (Å²) in [5.41, 5.74) is 3.84. The SMILES string of the molecule is C#Cc1cccc(NC(=O)CNC(=NC)N(C)Cc2ccccc2C)c1. The molecule has 5 nitrogen and oxygen atoms in total. The third kappa shape index (κ3) is 5.38. The van der Waals surface area contributed by atoms with Crippen molar-refractivity contribution in [3.05, 3.63) is 65.2 Å². The van der Waals surface area contributed by atoms with Gasteiger partial charge in [-0.15, -0.1) is 6.42 Å². The first-order valence-electron chi connectivity index (χ1n) is 8.36. The fourth-order valence-corrected chi connectivity index (χ4v) is 2.55. The fraction of sp³-hybridized carbons (Fsp3) is 0.238. The summed E-state index contributed by atoms with van der Waals surface area (Å²) < 4.78 is 0. The smallest absolute Gasteiger partial charge is 0.243 e. The minimum absolute atomic E-state index is 0.116. The third-order valence-corrected chi connectivity index (χ3v) is 3.96. The van der Waals surface area contributed by atoms with E-state index in [1.54, 1.807) is 19.2 Å². The van der Waals surface area contributed by atoms with Gasteiger partial charge in [0.25, 0.3) is 0 Å². The first kappa shape index (κ1) is 19.1. The molecule has 26 heavy (non-hydrogen) atoms. The van der Waals surface area contributed by atoms with E-state index < -0.39 is 0 Å². The van der Waals surface area contributed by atoms with Crippen LogP contribution in [0.3, 0.4) is 0 Å². The van der Waals surface area contributed by atoms with Crippen LogP contribution in [0.25, 0.3) is 0 Å². The molecule has 2 N–H and O–H groups in total. The Morgan fingerprint density at radius 1 is 1.23 bits per heavy atom. The first-order valence-corrected chi connectivity index (χ1v) is 8.36. The molecule has 0 aromatic heterocycles. The molecule has 0 saturated carbocycles. The summed E-state index contributed by atoms with van der Waals surface area (Å²) in [6.07, 6.45) is 5.38. The van der Waals surface area contributed by atoms with E-state index in [4.69, 9.17) is 6.42 Å². The van der Waals surface area contributed by atoms with Gasteiger partial charge in [0.05, 0.1) is 6.54 Å². The van der Waals surface area contributed by atoms with Crippen molar-refractivity contribution in [1.29, 1.82) is 0 Å². The standard InChI is InChI=1S/C21H24N4O/c1-5-17-10-8-12-19(13-17)24-20(26)14-23-21(22-3)25(4)15-18-11-7-6-9-16(18)2/h1,6-13H,14-15H2,2-4H3,(H,22,23)(H,24,26). The number of nitrogens with one attached hydrogen (secondary N) is 2. The number of hydrogen-bond donors (Lipinski definition) is 2. The van der Waals surface area contributed by atoms with Gasteiger partial charge in [0, 0.05) is 31.9 Å². The van der Waals surface area contributed by atoms with Gasteiger partial charge < -0.3 is 15.5 Å². The average molecular weight is 348 g/mol. The Balaban J connectivity index is 1.90. The summed E-state index contributed by atoms with van der Waals surface area (Å²) in [6, 6.07) is 15.4. The van der Waals surface area contributed by atoms with E-state index in [1.165, 1.54) is 11.1 Å².